The van der Waals surface area contributed by atoms with E-state index >= 15 is 0 Å². The van der Waals surface area contributed by atoms with Crippen LogP contribution < -0.4 is 5.32 Å². The van der Waals surface area contributed by atoms with Gasteiger partial charge in [-0.25, -0.2) is 0 Å². The van der Waals surface area contributed by atoms with Crippen molar-refractivity contribution in [1.82, 2.24) is 10.2 Å². The molecule has 2 rings (SSSR count). The molecule has 0 spiro atoms. The third-order valence-corrected chi connectivity index (χ3v) is 4.87. The number of hydrogen-bond donors (Lipinski definition) is 1. The van der Waals surface area contributed by atoms with Gasteiger partial charge in [0.05, 0.1) is 6.10 Å². The maximum Gasteiger partial charge on any atom is 0.223 e. The second-order valence-corrected chi connectivity index (χ2v) is 6.60. The molecule has 1 N–H and O–H groups in total. The van der Waals surface area contributed by atoms with Crippen LogP contribution in [0, 0.1) is 0 Å². The number of ether oxygens (including phenoxy) is 1. The number of nitrogens with one attached hydrogen (secondary N) is 1. The van der Waals surface area contributed by atoms with Gasteiger partial charge in [-0.1, -0.05) is 32.1 Å². The predicted octanol–water partition coefficient (Wildman–Crippen LogP) is 2.24. The Balaban J connectivity index is 1.65. The first kappa shape index (κ1) is 17.3. The molecular weight excluding hydrogens is 280 g/mol. The number of likely N-dealkylation sites (tertiary alicyclic amines) is 1. The van der Waals surface area contributed by atoms with Gasteiger partial charge in [0.15, 0.2) is 0 Å². The average molecular weight is 310 g/mol. The molecule has 0 radical (unpaired) electrons. The molecule has 1 atom stereocenters. The summed E-state index contributed by atoms with van der Waals surface area (Å²) in [5, 5.41) is 3.12. The molecule has 0 unspecified atom stereocenters. The molecule has 0 bridgehead atoms. The summed E-state index contributed by atoms with van der Waals surface area (Å²) >= 11 is 0. The van der Waals surface area contributed by atoms with Crippen molar-refractivity contribution in [3.63, 3.8) is 0 Å². The fourth-order valence-electron chi connectivity index (χ4n) is 3.43. The van der Waals surface area contributed by atoms with Crippen LogP contribution in [0.4, 0.5) is 0 Å². The summed E-state index contributed by atoms with van der Waals surface area (Å²) in [6, 6.07) is 0.313. The fraction of sp³-hybridized carbons (Fsp3) is 0.882. The quantitative estimate of drug-likeness (QED) is 0.847. The molecule has 126 valence electrons. The van der Waals surface area contributed by atoms with E-state index in [1.165, 1.54) is 32.1 Å². The molecule has 5 heteroatoms. The first-order chi connectivity index (χ1) is 10.7. The van der Waals surface area contributed by atoms with Crippen molar-refractivity contribution >= 4 is 11.8 Å². The summed E-state index contributed by atoms with van der Waals surface area (Å²) in [7, 11) is 1.68. The molecule has 1 aliphatic heterocycles. The number of carbonyl (C=O) groups is 2. The Morgan fingerprint density at radius 3 is 2.36 bits per heavy atom. The Labute approximate surface area is 133 Å². The Hall–Kier alpha value is -1.10. The van der Waals surface area contributed by atoms with Gasteiger partial charge < -0.3 is 15.0 Å². The number of methoxy groups -OCH3 is 1. The van der Waals surface area contributed by atoms with E-state index in [0.717, 1.165) is 25.8 Å². The van der Waals surface area contributed by atoms with Crippen LogP contribution in [0.2, 0.25) is 0 Å². The second-order valence-electron chi connectivity index (χ2n) is 6.60. The molecule has 2 aliphatic rings. The lowest BCUT2D eigenvalue weighted by Gasteiger charge is -2.21. The van der Waals surface area contributed by atoms with E-state index in [1.54, 1.807) is 7.11 Å². The highest BCUT2D eigenvalue weighted by atomic mass is 16.5. The molecule has 2 fully saturated rings. The van der Waals surface area contributed by atoms with Crippen molar-refractivity contribution < 1.29 is 14.3 Å². The van der Waals surface area contributed by atoms with Crippen LogP contribution in [0.3, 0.4) is 0 Å². The standard InChI is InChI=1S/C17H30N2O3/c1-22-15-11-12-19(13-15)17(21)10-9-16(20)18-14-7-5-3-2-4-6-8-14/h14-15H,2-13H2,1H3,(H,18,20)/t15-/m1/s1. The number of hydrogen-bond acceptors (Lipinski definition) is 3. The van der Waals surface area contributed by atoms with Crippen molar-refractivity contribution in [1.29, 1.82) is 0 Å². The molecule has 1 aliphatic carbocycles. The molecular formula is C17H30N2O3. The van der Waals surface area contributed by atoms with E-state index in [0.29, 0.717) is 25.4 Å². The lowest BCUT2D eigenvalue weighted by atomic mass is 9.96. The minimum Gasteiger partial charge on any atom is -0.380 e. The van der Waals surface area contributed by atoms with Gasteiger partial charge in [0, 0.05) is 39.1 Å². The fourth-order valence-corrected chi connectivity index (χ4v) is 3.43. The maximum absolute atomic E-state index is 12.1. The van der Waals surface area contributed by atoms with Crippen LogP contribution in [0.1, 0.15) is 64.2 Å². The van der Waals surface area contributed by atoms with E-state index < -0.39 is 0 Å². The van der Waals surface area contributed by atoms with Gasteiger partial charge >= 0.3 is 0 Å². The minimum atomic E-state index is 0.0291. The molecule has 22 heavy (non-hydrogen) atoms. The van der Waals surface area contributed by atoms with E-state index in [-0.39, 0.29) is 17.9 Å². The minimum absolute atomic E-state index is 0.0291. The van der Waals surface area contributed by atoms with Crippen molar-refractivity contribution in [2.75, 3.05) is 20.2 Å². The Morgan fingerprint density at radius 2 is 1.73 bits per heavy atom. The van der Waals surface area contributed by atoms with Gasteiger partial charge in [-0.05, 0) is 19.3 Å². The molecule has 0 aromatic carbocycles. The third kappa shape index (κ3) is 5.59. The first-order valence-electron chi connectivity index (χ1n) is 8.79. The lowest BCUT2D eigenvalue weighted by Crippen LogP contribution is -2.36. The Morgan fingerprint density at radius 1 is 1.05 bits per heavy atom. The first-order valence-corrected chi connectivity index (χ1v) is 8.79. The summed E-state index contributed by atoms with van der Waals surface area (Å²) in [6.45, 7) is 1.42. The van der Waals surface area contributed by atoms with Crippen molar-refractivity contribution in [3.8, 4) is 0 Å². The van der Waals surface area contributed by atoms with Gasteiger partial charge in [-0.15, -0.1) is 0 Å². The SMILES string of the molecule is CO[C@@H]1CCN(C(=O)CCC(=O)NC2CCCCCCC2)C1. The lowest BCUT2D eigenvalue weighted by molar-refractivity contribution is -0.133. The van der Waals surface area contributed by atoms with Gasteiger partial charge in [-0.3, -0.25) is 9.59 Å². The molecule has 1 saturated carbocycles. The summed E-state index contributed by atoms with van der Waals surface area (Å²) in [4.78, 5) is 26.0. The van der Waals surface area contributed by atoms with Crippen LogP contribution in [0.25, 0.3) is 0 Å². The predicted molar refractivity (Wildman–Crippen MR) is 85.5 cm³/mol. The Bertz CT molecular complexity index is 365. The summed E-state index contributed by atoms with van der Waals surface area (Å²) in [6.07, 6.45) is 10.1. The number of amides is 2. The highest BCUT2D eigenvalue weighted by Crippen LogP contribution is 2.17. The van der Waals surface area contributed by atoms with Gasteiger partial charge in [-0.2, -0.15) is 0 Å². The van der Waals surface area contributed by atoms with Crippen molar-refractivity contribution in [2.24, 2.45) is 0 Å². The zero-order valence-corrected chi connectivity index (χ0v) is 13.8. The average Bonchev–Trinajstić information content (AvgIpc) is 2.96. The zero-order chi connectivity index (χ0) is 15.8. The van der Waals surface area contributed by atoms with Crippen LogP contribution >= 0.6 is 0 Å². The van der Waals surface area contributed by atoms with E-state index in [4.69, 9.17) is 4.74 Å². The summed E-state index contributed by atoms with van der Waals surface area (Å²) in [5.41, 5.74) is 0. The zero-order valence-electron chi connectivity index (χ0n) is 13.8. The molecule has 1 saturated heterocycles. The van der Waals surface area contributed by atoms with Crippen LogP contribution in [-0.2, 0) is 14.3 Å². The maximum atomic E-state index is 12.1. The highest BCUT2D eigenvalue weighted by Gasteiger charge is 2.26. The topological polar surface area (TPSA) is 58.6 Å². The Kier molecular flexibility index (Phi) is 7.16. The van der Waals surface area contributed by atoms with E-state index in [2.05, 4.69) is 5.32 Å². The number of nitrogens with zero attached hydrogens (tertiary/aromatic N) is 1. The van der Waals surface area contributed by atoms with E-state index in [9.17, 15) is 9.59 Å². The van der Waals surface area contributed by atoms with E-state index in [1.807, 2.05) is 4.90 Å². The van der Waals surface area contributed by atoms with Gasteiger partial charge in [0.25, 0.3) is 0 Å². The van der Waals surface area contributed by atoms with Crippen LogP contribution in [0.5, 0.6) is 0 Å². The second kappa shape index (κ2) is 9.13. The van der Waals surface area contributed by atoms with Crippen molar-refractivity contribution in [3.05, 3.63) is 0 Å². The normalized spacial score (nSPS) is 23.9. The van der Waals surface area contributed by atoms with Gasteiger partial charge in [0.2, 0.25) is 11.8 Å². The monoisotopic (exact) mass is 310 g/mol. The summed E-state index contributed by atoms with van der Waals surface area (Å²) < 4.78 is 5.27. The number of carbonyl (C=O) groups excluding carboxylic acids is 2. The smallest absolute Gasteiger partial charge is 0.223 e. The summed E-state index contributed by atoms with van der Waals surface area (Å²) in [5.74, 6) is 0.105. The third-order valence-electron chi connectivity index (χ3n) is 4.87. The molecule has 0 aromatic heterocycles. The van der Waals surface area contributed by atoms with Crippen LogP contribution in [0.15, 0.2) is 0 Å². The van der Waals surface area contributed by atoms with Crippen LogP contribution in [-0.4, -0.2) is 49.1 Å². The van der Waals surface area contributed by atoms with Gasteiger partial charge in [0.1, 0.15) is 0 Å². The molecule has 2 amide bonds. The number of rotatable bonds is 5. The largest absolute Gasteiger partial charge is 0.380 e. The molecule has 5 nitrogen and oxygen atoms in total. The van der Waals surface area contributed by atoms with Crippen molar-refractivity contribution in [2.45, 2.75) is 76.4 Å². The molecule has 0 aromatic rings. The molecule has 1 heterocycles. The highest BCUT2D eigenvalue weighted by molar-refractivity contribution is 5.84.